The largest absolute Gasteiger partial charge is 0.477 e. The molecule has 0 fully saturated rings. The van der Waals surface area contributed by atoms with E-state index in [4.69, 9.17) is 0 Å². The zero-order valence-corrected chi connectivity index (χ0v) is 9.38. The Morgan fingerprint density at radius 3 is 2.20 bits per heavy atom. The predicted octanol–water partition coefficient (Wildman–Crippen LogP) is 3.13. The zero-order chi connectivity index (χ0) is 11.9. The molecule has 0 aromatic rings. The highest BCUT2D eigenvalue weighted by molar-refractivity contribution is 7.48. The van der Waals surface area contributed by atoms with Crippen molar-refractivity contribution in [1.82, 2.24) is 0 Å². The minimum absolute atomic E-state index is 0.0206. The summed E-state index contributed by atoms with van der Waals surface area (Å²) >= 11 is 0. The van der Waals surface area contributed by atoms with Gasteiger partial charge in [0.15, 0.2) is 0 Å². The van der Waals surface area contributed by atoms with Crippen molar-refractivity contribution in [2.45, 2.75) is 33.1 Å². The molecule has 2 unspecified atom stereocenters. The minimum atomic E-state index is -4.20. The quantitative estimate of drug-likeness (QED) is 0.621. The van der Waals surface area contributed by atoms with Gasteiger partial charge in [-0.05, 0) is 13.3 Å². The number of hydrogen-bond acceptors (Lipinski definition) is 4. The van der Waals surface area contributed by atoms with E-state index < -0.39 is 20.6 Å². The Kier molecular flexibility index (Phi) is 7.17. The van der Waals surface area contributed by atoms with Crippen molar-refractivity contribution in [2.75, 3.05) is 13.2 Å². The maximum absolute atomic E-state index is 12.5. The van der Waals surface area contributed by atoms with Crippen LogP contribution in [0, 0.1) is 0 Å². The fourth-order valence-electron chi connectivity index (χ4n) is 0.629. The average Bonchev–Trinajstić information content (AvgIpc) is 2.15. The van der Waals surface area contributed by atoms with Gasteiger partial charge in [-0.25, -0.2) is 22.3 Å². The summed E-state index contributed by atoms with van der Waals surface area (Å²) in [7, 11) is -4.20. The first-order valence-corrected chi connectivity index (χ1v) is 5.91. The van der Waals surface area contributed by atoms with Gasteiger partial charge in [-0.1, -0.05) is 6.92 Å². The fraction of sp³-hybridized carbons (Fsp3) is 1.00. The van der Waals surface area contributed by atoms with E-state index in [2.05, 4.69) is 13.6 Å². The first-order chi connectivity index (χ1) is 6.95. The van der Waals surface area contributed by atoms with E-state index in [-0.39, 0.29) is 13.2 Å². The molecule has 0 aromatic heterocycles. The van der Waals surface area contributed by atoms with E-state index in [0.717, 1.165) is 0 Å². The van der Waals surface area contributed by atoms with Crippen molar-refractivity contribution in [3.8, 4) is 0 Å². The zero-order valence-electron chi connectivity index (χ0n) is 8.49. The Bertz CT molecular complexity index is 214. The SMILES string of the molecule is CCCOP(=O)(OCC)OC(F)C(F)F. The molecule has 0 radical (unpaired) electrons. The van der Waals surface area contributed by atoms with Crippen LogP contribution in [0.1, 0.15) is 20.3 Å². The maximum Gasteiger partial charge on any atom is 0.477 e. The van der Waals surface area contributed by atoms with Crippen molar-refractivity contribution in [1.29, 1.82) is 0 Å². The molecule has 0 heterocycles. The van der Waals surface area contributed by atoms with Crippen LogP contribution < -0.4 is 0 Å². The lowest BCUT2D eigenvalue weighted by Gasteiger charge is -2.18. The Balaban J connectivity index is 4.30. The molecule has 0 saturated carbocycles. The van der Waals surface area contributed by atoms with Gasteiger partial charge in [0.2, 0.25) is 0 Å². The molecule has 0 spiro atoms. The minimum Gasteiger partial charge on any atom is -0.287 e. The van der Waals surface area contributed by atoms with Crippen LogP contribution in [0.4, 0.5) is 13.2 Å². The summed E-state index contributed by atoms with van der Waals surface area (Å²) in [6, 6.07) is 0. The normalized spacial score (nSPS) is 17.7. The van der Waals surface area contributed by atoms with Crippen LogP contribution in [-0.4, -0.2) is 26.0 Å². The van der Waals surface area contributed by atoms with Crippen LogP contribution in [0.15, 0.2) is 0 Å². The molecular formula is C7H14F3O4P. The monoisotopic (exact) mass is 250 g/mol. The van der Waals surface area contributed by atoms with Gasteiger partial charge in [-0.15, -0.1) is 0 Å². The van der Waals surface area contributed by atoms with Crippen LogP contribution in [0.2, 0.25) is 0 Å². The molecule has 15 heavy (non-hydrogen) atoms. The van der Waals surface area contributed by atoms with Gasteiger partial charge in [0.05, 0.1) is 13.2 Å². The highest BCUT2D eigenvalue weighted by Gasteiger charge is 2.34. The van der Waals surface area contributed by atoms with Gasteiger partial charge in [-0.3, -0.25) is 9.05 Å². The summed E-state index contributed by atoms with van der Waals surface area (Å²) in [6.45, 7) is 3.06. The van der Waals surface area contributed by atoms with Crippen molar-refractivity contribution < 1.29 is 31.3 Å². The average molecular weight is 250 g/mol. The molecule has 0 aromatic carbocycles. The van der Waals surface area contributed by atoms with E-state index in [0.29, 0.717) is 6.42 Å². The Labute approximate surface area is 86.3 Å². The molecular weight excluding hydrogens is 236 g/mol. The lowest BCUT2D eigenvalue weighted by Crippen LogP contribution is -2.16. The lowest BCUT2D eigenvalue weighted by atomic mass is 10.5. The topological polar surface area (TPSA) is 44.8 Å². The predicted molar refractivity (Wildman–Crippen MR) is 47.5 cm³/mol. The number of phosphoric ester groups is 1. The fourth-order valence-corrected chi connectivity index (χ4v) is 1.89. The molecule has 0 amide bonds. The summed E-state index contributed by atoms with van der Waals surface area (Å²) in [5, 5.41) is 0. The molecule has 2 atom stereocenters. The first-order valence-electron chi connectivity index (χ1n) is 4.45. The lowest BCUT2D eigenvalue weighted by molar-refractivity contribution is -0.0859. The second-order valence-electron chi connectivity index (χ2n) is 2.49. The Hall–Kier alpha value is -0.100. The first kappa shape index (κ1) is 14.9. The summed E-state index contributed by atoms with van der Waals surface area (Å²) in [6.07, 6.45) is -5.88. The Morgan fingerprint density at radius 1 is 1.20 bits per heavy atom. The van der Waals surface area contributed by atoms with E-state index in [1.807, 2.05) is 0 Å². The number of alkyl halides is 3. The van der Waals surface area contributed by atoms with E-state index in [1.54, 1.807) is 6.92 Å². The van der Waals surface area contributed by atoms with Crippen molar-refractivity contribution in [3.63, 3.8) is 0 Å². The molecule has 4 nitrogen and oxygen atoms in total. The smallest absolute Gasteiger partial charge is 0.287 e. The van der Waals surface area contributed by atoms with E-state index in [9.17, 15) is 17.7 Å². The van der Waals surface area contributed by atoms with Crippen LogP contribution in [-0.2, 0) is 18.1 Å². The number of halogens is 3. The number of rotatable bonds is 8. The number of phosphoric acid groups is 1. The van der Waals surface area contributed by atoms with Gasteiger partial charge in [0.1, 0.15) is 0 Å². The standard InChI is InChI=1S/C7H14F3O4P/c1-3-5-13-15(11,12-4-2)14-7(10)6(8)9/h6-7H,3-5H2,1-2H3. The summed E-state index contributed by atoms with van der Waals surface area (Å²) in [5.74, 6) is 0. The molecule has 0 aliphatic carbocycles. The van der Waals surface area contributed by atoms with Gasteiger partial charge < -0.3 is 0 Å². The second kappa shape index (κ2) is 7.22. The molecule has 0 rings (SSSR count). The number of hydrogen-bond donors (Lipinski definition) is 0. The highest BCUT2D eigenvalue weighted by Crippen LogP contribution is 2.51. The van der Waals surface area contributed by atoms with Crippen molar-refractivity contribution in [2.24, 2.45) is 0 Å². The summed E-state index contributed by atoms with van der Waals surface area (Å²) < 4.78 is 60.5. The molecule has 0 aliphatic heterocycles. The van der Waals surface area contributed by atoms with Crippen LogP contribution >= 0.6 is 7.82 Å². The van der Waals surface area contributed by atoms with Crippen LogP contribution in [0.3, 0.4) is 0 Å². The molecule has 0 N–H and O–H groups in total. The van der Waals surface area contributed by atoms with Gasteiger partial charge >= 0.3 is 7.82 Å². The van der Waals surface area contributed by atoms with E-state index >= 15 is 0 Å². The third-order valence-electron chi connectivity index (χ3n) is 1.17. The van der Waals surface area contributed by atoms with Crippen molar-refractivity contribution >= 4 is 7.82 Å². The third kappa shape index (κ3) is 6.14. The molecule has 0 bridgehead atoms. The summed E-state index contributed by atoms with van der Waals surface area (Å²) in [5.41, 5.74) is 0. The molecule has 92 valence electrons. The van der Waals surface area contributed by atoms with Crippen LogP contribution in [0.5, 0.6) is 0 Å². The third-order valence-corrected chi connectivity index (χ3v) is 2.70. The molecule has 8 heteroatoms. The van der Waals surface area contributed by atoms with Crippen molar-refractivity contribution in [3.05, 3.63) is 0 Å². The highest BCUT2D eigenvalue weighted by atomic mass is 31.2. The van der Waals surface area contributed by atoms with Gasteiger partial charge in [-0.2, -0.15) is 0 Å². The molecule has 0 saturated heterocycles. The Morgan fingerprint density at radius 2 is 1.80 bits per heavy atom. The maximum atomic E-state index is 12.5. The van der Waals surface area contributed by atoms with E-state index in [1.165, 1.54) is 6.92 Å². The van der Waals surface area contributed by atoms with Gasteiger partial charge in [0, 0.05) is 0 Å². The summed E-state index contributed by atoms with van der Waals surface area (Å²) in [4.78, 5) is 0. The van der Waals surface area contributed by atoms with Crippen LogP contribution in [0.25, 0.3) is 0 Å². The van der Waals surface area contributed by atoms with Gasteiger partial charge in [0.25, 0.3) is 12.8 Å². The second-order valence-corrected chi connectivity index (χ2v) is 4.11. The molecule has 0 aliphatic rings.